The molecule has 0 spiro atoms. The van der Waals surface area contributed by atoms with Crippen LogP contribution in [-0.2, 0) is 9.31 Å². The number of rotatable bonds is 6. The molecular formula is C25H26BIO4. The predicted molar refractivity (Wildman–Crippen MR) is 132 cm³/mol. The van der Waals surface area contributed by atoms with E-state index in [1.807, 2.05) is 78.9 Å². The van der Waals surface area contributed by atoms with Crippen LogP contribution in [0.15, 0.2) is 78.9 Å². The van der Waals surface area contributed by atoms with E-state index in [2.05, 4.69) is 50.3 Å². The third-order valence-corrected chi connectivity index (χ3v) is 6.50. The molecule has 3 aromatic carbocycles. The number of hydrogen-bond acceptors (Lipinski definition) is 4. The number of benzene rings is 3. The predicted octanol–water partition coefficient (Wildman–Crippen LogP) is 5.75. The molecule has 0 radical (unpaired) electrons. The zero-order valence-electron chi connectivity index (χ0n) is 18.2. The fourth-order valence-electron chi connectivity index (χ4n) is 3.21. The van der Waals surface area contributed by atoms with E-state index in [-0.39, 0.29) is 11.2 Å². The van der Waals surface area contributed by atoms with Gasteiger partial charge in [0, 0.05) is 9.13 Å². The first-order valence-corrected chi connectivity index (χ1v) is 11.4. The Hall–Kier alpha value is -2.03. The highest BCUT2D eigenvalue weighted by molar-refractivity contribution is 14.1. The Labute approximate surface area is 198 Å². The summed E-state index contributed by atoms with van der Waals surface area (Å²) in [4.78, 5) is 0. The van der Waals surface area contributed by atoms with Crippen molar-refractivity contribution in [2.75, 3.05) is 0 Å². The van der Waals surface area contributed by atoms with Crippen LogP contribution in [0.25, 0.3) is 0 Å². The molecule has 1 fully saturated rings. The van der Waals surface area contributed by atoms with Crippen molar-refractivity contribution in [2.24, 2.45) is 0 Å². The molecule has 160 valence electrons. The molecule has 0 saturated carbocycles. The van der Waals surface area contributed by atoms with Crippen molar-refractivity contribution in [3.05, 3.63) is 88.0 Å². The van der Waals surface area contributed by atoms with Crippen molar-refractivity contribution in [2.45, 2.75) is 45.2 Å². The van der Waals surface area contributed by atoms with Crippen LogP contribution in [0.1, 0.15) is 39.5 Å². The zero-order valence-corrected chi connectivity index (χ0v) is 20.3. The average Bonchev–Trinajstić information content (AvgIpc) is 2.97. The van der Waals surface area contributed by atoms with Crippen molar-refractivity contribution >= 4 is 35.2 Å². The molecule has 1 aliphatic heterocycles. The second-order valence-electron chi connectivity index (χ2n) is 8.59. The largest absolute Gasteiger partial charge is 0.494 e. The minimum atomic E-state index is -0.566. The van der Waals surface area contributed by atoms with Crippen LogP contribution in [0.4, 0.5) is 0 Å². The van der Waals surface area contributed by atoms with E-state index in [0.29, 0.717) is 5.75 Å². The Morgan fingerprint density at radius 3 is 1.71 bits per heavy atom. The van der Waals surface area contributed by atoms with E-state index in [0.717, 1.165) is 20.3 Å². The van der Waals surface area contributed by atoms with Gasteiger partial charge in [0.1, 0.15) is 11.5 Å². The first kappa shape index (κ1) is 22.2. The van der Waals surface area contributed by atoms with E-state index in [4.69, 9.17) is 18.8 Å². The molecule has 1 unspecified atom stereocenters. The third-order valence-electron chi connectivity index (χ3n) is 5.78. The maximum Gasteiger partial charge on any atom is 0.494 e. The average molecular weight is 528 g/mol. The van der Waals surface area contributed by atoms with Gasteiger partial charge in [0.15, 0.2) is 0 Å². The van der Waals surface area contributed by atoms with Crippen molar-refractivity contribution in [1.82, 2.24) is 0 Å². The van der Waals surface area contributed by atoms with Crippen LogP contribution in [0.5, 0.6) is 11.5 Å². The molecule has 4 nitrogen and oxygen atoms in total. The number of ether oxygens (including phenoxy) is 2. The van der Waals surface area contributed by atoms with Gasteiger partial charge in [-0.3, -0.25) is 0 Å². The van der Waals surface area contributed by atoms with Gasteiger partial charge in [-0.25, -0.2) is 0 Å². The molecule has 6 heteroatoms. The van der Waals surface area contributed by atoms with Gasteiger partial charge in [0.05, 0.1) is 11.2 Å². The molecule has 0 bridgehead atoms. The lowest BCUT2D eigenvalue weighted by molar-refractivity contribution is 0.00382. The molecule has 1 saturated heterocycles. The maximum atomic E-state index is 6.23. The van der Waals surface area contributed by atoms with Crippen LogP contribution in [0.2, 0.25) is 0 Å². The summed E-state index contributed by atoms with van der Waals surface area (Å²) in [5, 5.41) is 0. The highest BCUT2D eigenvalue weighted by Crippen LogP contribution is 2.36. The second-order valence-corrected chi connectivity index (χ2v) is 9.84. The van der Waals surface area contributed by atoms with E-state index < -0.39 is 13.4 Å². The highest BCUT2D eigenvalue weighted by atomic mass is 127. The Morgan fingerprint density at radius 1 is 0.710 bits per heavy atom. The van der Waals surface area contributed by atoms with Crippen LogP contribution < -0.4 is 14.9 Å². The van der Waals surface area contributed by atoms with Crippen molar-refractivity contribution in [3.8, 4) is 11.5 Å². The first-order chi connectivity index (χ1) is 14.7. The molecule has 0 aliphatic carbocycles. The topological polar surface area (TPSA) is 36.9 Å². The summed E-state index contributed by atoms with van der Waals surface area (Å²) in [5.74, 6) is 1.46. The van der Waals surface area contributed by atoms with Crippen molar-refractivity contribution in [3.63, 3.8) is 0 Å². The van der Waals surface area contributed by atoms with E-state index in [1.165, 1.54) is 0 Å². The molecule has 0 aromatic heterocycles. The Morgan fingerprint density at radius 2 is 1.19 bits per heavy atom. The fourth-order valence-corrected chi connectivity index (χ4v) is 3.57. The lowest BCUT2D eigenvalue weighted by Gasteiger charge is -2.32. The molecule has 1 atom stereocenters. The molecule has 1 heterocycles. The quantitative estimate of drug-likeness (QED) is 0.232. The standard InChI is InChI=1S/C25H26BIO4/c1-24(2)25(3,4)31-26(30-24)19-10-14-21(15-11-19)28-23(18-8-6-5-7-9-18)29-22-16-12-20(27)13-17-22/h5-17,23H,1-4H3. The van der Waals surface area contributed by atoms with Gasteiger partial charge < -0.3 is 18.8 Å². The normalized spacial score (nSPS) is 17.9. The van der Waals surface area contributed by atoms with Crippen molar-refractivity contribution < 1.29 is 18.8 Å². The number of halogens is 1. The van der Waals surface area contributed by atoms with Gasteiger partial charge in [-0.05, 0) is 92.1 Å². The summed E-state index contributed by atoms with van der Waals surface area (Å²) in [6.45, 7) is 8.21. The molecule has 4 rings (SSSR count). The van der Waals surface area contributed by atoms with Gasteiger partial charge >= 0.3 is 7.12 Å². The minimum Gasteiger partial charge on any atom is -0.451 e. The SMILES string of the molecule is CC1(C)OB(c2ccc(OC(Oc3ccc(I)cc3)c3ccccc3)cc2)OC1(C)C. The van der Waals surface area contributed by atoms with Gasteiger partial charge in [0.2, 0.25) is 0 Å². The lowest BCUT2D eigenvalue weighted by Crippen LogP contribution is -2.41. The first-order valence-electron chi connectivity index (χ1n) is 10.3. The van der Waals surface area contributed by atoms with E-state index >= 15 is 0 Å². The maximum absolute atomic E-state index is 6.23. The summed E-state index contributed by atoms with van der Waals surface area (Å²) in [6, 6.07) is 25.6. The van der Waals surface area contributed by atoms with Gasteiger partial charge in [-0.1, -0.05) is 42.5 Å². The van der Waals surface area contributed by atoms with Crippen LogP contribution in [0.3, 0.4) is 0 Å². The number of hydrogen-bond donors (Lipinski definition) is 0. The summed E-state index contributed by atoms with van der Waals surface area (Å²) >= 11 is 2.28. The summed E-state index contributed by atoms with van der Waals surface area (Å²) in [6.07, 6.45) is -0.566. The second kappa shape index (κ2) is 8.84. The molecule has 0 amide bonds. The summed E-state index contributed by atoms with van der Waals surface area (Å²) in [5.41, 5.74) is 1.16. The molecule has 1 aliphatic rings. The molecule has 3 aromatic rings. The minimum absolute atomic E-state index is 0.368. The Bertz CT molecular complexity index is 988. The Balaban J connectivity index is 1.51. The molecule has 0 N–H and O–H groups in total. The van der Waals surface area contributed by atoms with E-state index in [1.54, 1.807) is 0 Å². The molecule has 31 heavy (non-hydrogen) atoms. The van der Waals surface area contributed by atoms with Gasteiger partial charge in [-0.2, -0.15) is 0 Å². The van der Waals surface area contributed by atoms with E-state index in [9.17, 15) is 0 Å². The summed E-state index contributed by atoms with van der Waals surface area (Å²) in [7, 11) is -0.396. The van der Waals surface area contributed by atoms with Gasteiger partial charge in [0.25, 0.3) is 6.29 Å². The lowest BCUT2D eigenvalue weighted by atomic mass is 9.79. The highest BCUT2D eigenvalue weighted by Gasteiger charge is 2.51. The van der Waals surface area contributed by atoms with Gasteiger partial charge in [-0.15, -0.1) is 0 Å². The third kappa shape index (κ3) is 5.08. The molecular weight excluding hydrogens is 502 g/mol. The zero-order chi connectivity index (χ0) is 22.1. The Kier molecular flexibility index (Phi) is 6.33. The van der Waals surface area contributed by atoms with Crippen LogP contribution in [-0.4, -0.2) is 18.3 Å². The monoisotopic (exact) mass is 528 g/mol. The van der Waals surface area contributed by atoms with Crippen LogP contribution in [0, 0.1) is 3.57 Å². The summed E-state index contributed by atoms with van der Waals surface area (Å²) < 4.78 is 25.8. The fraction of sp³-hybridized carbons (Fsp3) is 0.280. The smallest absolute Gasteiger partial charge is 0.451 e. The van der Waals surface area contributed by atoms with Crippen molar-refractivity contribution in [1.29, 1.82) is 0 Å². The van der Waals surface area contributed by atoms with Crippen LogP contribution >= 0.6 is 22.6 Å².